The Balaban J connectivity index is 2.29. The molecule has 0 bridgehead atoms. The highest BCUT2D eigenvalue weighted by Crippen LogP contribution is 2.30. The number of nitro groups is 1. The molecule has 0 atom stereocenters. The van der Waals surface area contributed by atoms with E-state index in [1.165, 1.54) is 6.07 Å². The second-order valence-corrected chi connectivity index (χ2v) is 4.65. The zero-order chi connectivity index (χ0) is 15.4. The van der Waals surface area contributed by atoms with Crippen molar-refractivity contribution >= 4 is 11.5 Å². The van der Waals surface area contributed by atoms with E-state index in [1.807, 2.05) is 19.1 Å². The van der Waals surface area contributed by atoms with E-state index >= 15 is 0 Å². The molecule has 0 aliphatic rings. The third-order valence-corrected chi connectivity index (χ3v) is 2.99. The molecule has 6 nitrogen and oxygen atoms in total. The summed E-state index contributed by atoms with van der Waals surface area (Å²) >= 11 is 0. The number of anilines is 1. The van der Waals surface area contributed by atoms with Gasteiger partial charge in [-0.1, -0.05) is 6.07 Å². The standard InChI is InChI=1S/C15H17N3O3/c1-4-16-14-6-5-7-15(17-14)21-13-9-10(2)12(18(19)20)8-11(13)3/h5-9H,4H2,1-3H3,(H,16,17). The van der Waals surface area contributed by atoms with Crippen LogP contribution < -0.4 is 10.1 Å². The van der Waals surface area contributed by atoms with Crippen molar-refractivity contribution in [3.05, 3.63) is 51.6 Å². The Morgan fingerprint density at radius 3 is 2.71 bits per heavy atom. The first kappa shape index (κ1) is 14.8. The summed E-state index contributed by atoms with van der Waals surface area (Å²) in [4.78, 5) is 14.8. The predicted molar refractivity (Wildman–Crippen MR) is 81.0 cm³/mol. The number of aromatic nitrogens is 1. The van der Waals surface area contributed by atoms with Crippen molar-refractivity contribution in [2.45, 2.75) is 20.8 Å². The molecule has 1 heterocycles. The van der Waals surface area contributed by atoms with Gasteiger partial charge in [-0.3, -0.25) is 10.1 Å². The van der Waals surface area contributed by atoms with E-state index in [9.17, 15) is 10.1 Å². The Labute approximate surface area is 122 Å². The number of nitro benzene ring substituents is 1. The lowest BCUT2D eigenvalue weighted by Gasteiger charge is -2.10. The molecule has 0 radical (unpaired) electrons. The SMILES string of the molecule is CCNc1cccc(Oc2cc(C)c([N+](=O)[O-])cc2C)n1. The quantitative estimate of drug-likeness (QED) is 0.668. The maximum atomic E-state index is 10.9. The average molecular weight is 287 g/mol. The third-order valence-electron chi connectivity index (χ3n) is 2.99. The van der Waals surface area contributed by atoms with Crippen LogP contribution in [0.5, 0.6) is 11.6 Å². The van der Waals surface area contributed by atoms with Crippen molar-refractivity contribution < 1.29 is 9.66 Å². The summed E-state index contributed by atoms with van der Waals surface area (Å²) < 4.78 is 5.74. The minimum Gasteiger partial charge on any atom is -0.439 e. The van der Waals surface area contributed by atoms with Gasteiger partial charge in [-0.25, -0.2) is 0 Å². The summed E-state index contributed by atoms with van der Waals surface area (Å²) in [6.45, 7) is 6.22. The van der Waals surface area contributed by atoms with Crippen LogP contribution in [0.1, 0.15) is 18.1 Å². The van der Waals surface area contributed by atoms with Gasteiger partial charge in [0.15, 0.2) is 0 Å². The lowest BCUT2D eigenvalue weighted by Crippen LogP contribution is -2.00. The van der Waals surface area contributed by atoms with Gasteiger partial charge in [0.05, 0.1) is 4.92 Å². The third kappa shape index (κ3) is 3.47. The fraction of sp³-hybridized carbons (Fsp3) is 0.267. The second kappa shape index (κ2) is 6.21. The van der Waals surface area contributed by atoms with Gasteiger partial charge in [0.25, 0.3) is 5.69 Å². The molecule has 0 fully saturated rings. The van der Waals surface area contributed by atoms with Crippen molar-refractivity contribution in [3.8, 4) is 11.6 Å². The summed E-state index contributed by atoms with van der Waals surface area (Å²) in [5.41, 5.74) is 1.35. The summed E-state index contributed by atoms with van der Waals surface area (Å²) in [7, 11) is 0. The summed E-state index contributed by atoms with van der Waals surface area (Å²) in [5, 5.41) is 14.0. The van der Waals surface area contributed by atoms with Crippen molar-refractivity contribution in [3.63, 3.8) is 0 Å². The molecule has 110 valence electrons. The molecule has 0 aliphatic heterocycles. The lowest BCUT2D eigenvalue weighted by atomic mass is 10.1. The van der Waals surface area contributed by atoms with E-state index < -0.39 is 4.92 Å². The Kier molecular flexibility index (Phi) is 4.37. The predicted octanol–water partition coefficient (Wildman–Crippen LogP) is 3.83. The molecule has 0 saturated heterocycles. The molecule has 0 aliphatic carbocycles. The van der Waals surface area contributed by atoms with E-state index in [-0.39, 0.29) is 5.69 Å². The van der Waals surface area contributed by atoms with E-state index in [0.29, 0.717) is 22.8 Å². The zero-order valence-electron chi connectivity index (χ0n) is 12.2. The van der Waals surface area contributed by atoms with Gasteiger partial charge in [-0.2, -0.15) is 4.98 Å². The highest BCUT2D eigenvalue weighted by molar-refractivity contribution is 5.50. The van der Waals surface area contributed by atoms with E-state index in [1.54, 1.807) is 26.0 Å². The van der Waals surface area contributed by atoms with Crippen molar-refractivity contribution in [1.82, 2.24) is 4.98 Å². The van der Waals surface area contributed by atoms with Crippen LogP contribution in [-0.4, -0.2) is 16.5 Å². The van der Waals surface area contributed by atoms with Crippen LogP contribution in [0.25, 0.3) is 0 Å². The topological polar surface area (TPSA) is 77.3 Å². The fourth-order valence-electron chi connectivity index (χ4n) is 1.95. The molecule has 0 spiro atoms. The molecule has 0 amide bonds. The molecule has 2 rings (SSSR count). The van der Waals surface area contributed by atoms with Crippen LogP contribution in [0.4, 0.5) is 11.5 Å². The first-order valence-electron chi connectivity index (χ1n) is 6.65. The molecule has 1 N–H and O–H groups in total. The molecule has 1 aromatic heterocycles. The Bertz CT molecular complexity index is 671. The van der Waals surface area contributed by atoms with Crippen LogP contribution >= 0.6 is 0 Å². The van der Waals surface area contributed by atoms with Crippen LogP contribution in [0.2, 0.25) is 0 Å². The number of ether oxygens (including phenoxy) is 1. The van der Waals surface area contributed by atoms with Crippen molar-refractivity contribution in [2.75, 3.05) is 11.9 Å². The average Bonchev–Trinajstić information content (AvgIpc) is 2.43. The van der Waals surface area contributed by atoms with E-state index in [0.717, 1.165) is 12.4 Å². The molecular formula is C15H17N3O3. The lowest BCUT2D eigenvalue weighted by molar-refractivity contribution is -0.385. The number of aryl methyl sites for hydroxylation is 2. The molecule has 2 aromatic rings. The number of hydrogen-bond acceptors (Lipinski definition) is 5. The minimum atomic E-state index is -0.393. The smallest absolute Gasteiger partial charge is 0.272 e. The summed E-state index contributed by atoms with van der Waals surface area (Å²) in [6, 6.07) is 8.61. The van der Waals surface area contributed by atoms with Crippen LogP contribution in [-0.2, 0) is 0 Å². The van der Waals surface area contributed by atoms with Gasteiger partial charge in [0.2, 0.25) is 5.88 Å². The first-order chi connectivity index (χ1) is 10.0. The molecule has 6 heteroatoms. The van der Waals surface area contributed by atoms with Crippen molar-refractivity contribution in [2.24, 2.45) is 0 Å². The van der Waals surface area contributed by atoms with Gasteiger partial charge in [-0.05, 0) is 38.5 Å². The number of benzene rings is 1. The maximum Gasteiger partial charge on any atom is 0.272 e. The summed E-state index contributed by atoms with van der Waals surface area (Å²) in [5.74, 6) is 1.75. The largest absolute Gasteiger partial charge is 0.439 e. The molecule has 0 unspecified atom stereocenters. The van der Waals surface area contributed by atoms with Gasteiger partial charge in [-0.15, -0.1) is 0 Å². The molecule has 0 saturated carbocycles. The molecule has 1 aromatic carbocycles. The first-order valence-corrected chi connectivity index (χ1v) is 6.65. The van der Waals surface area contributed by atoms with Gasteiger partial charge in [0.1, 0.15) is 11.6 Å². The maximum absolute atomic E-state index is 10.9. The van der Waals surface area contributed by atoms with Gasteiger partial charge in [0, 0.05) is 24.2 Å². The Hall–Kier alpha value is -2.63. The van der Waals surface area contributed by atoms with E-state index in [2.05, 4.69) is 10.3 Å². The Morgan fingerprint density at radius 2 is 2.05 bits per heavy atom. The number of pyridine rings is 1. The molecular weight excluding hydrogens is 270 g/mol. The normalized spacial score (nSPS) is 10.2. The van der Waals surface area contributed by atoms with Crippen LogP contribution in [0.15, 0.2) is 30.3 Å². The molecule has 21 heavy (non-hydrogen) atoms. The zero-order valence-corrected chi connectivity index (χ0v) is 12.2. The summed E-state index contributed by atoms with van der Waals surface area (Å²) in [6.07, 6.45) is 0. The fourth-order valence-corrected chi connectivity index (χ4v) is 1.95. The monoisotopic (exact) mass is 287 g/mol. The van der Waals surface area contributed by atoms with Crippen LogP contribution in [0, 0.1) is 24.0 Å². The number of hydrogen-bond donors (Lipinski definition) is 1. The number of rotatable bonds is 5. The van der Waals surface area contributed by atoms with Crippen molar-refractivity contribution in [1.29, 1.82) is 0 Å². The Morgan fingerprint density at radius 1 is 1.29 bits per heavy atom. The highest BCUT2D eigenvalue weighted by atomic mass is 16.6. The minimum absolute atomic E-state index is 0.0919. The highest BCUT2D eigenvalue weighted by Gasteiger charge is 2.14. The van der Waals surface area contributed by atoms with Crippen LogP contribution in [0.3, 0.4) is 0 Å². The van der Waals surface area contributed by atoms with E-state index in [4.69, 9.17) is 4.74 Å². The number of nitrogens with zero attached hydrogens (tertiary/aromatic N) is 2. The number of nitrogens with one attached hydrogen (secondary N) is 1. The second-order valence-electron chi connectivity index (χ2n) is 4.65. The van der Waals surface area contributed by atoms with Gasteiger partial charge >= 0.3 is 0 Å². The van der Waals surface area contributed by atoms with Gasteiger partial charge < -0.3 is 10.1 Å².